The van der Waals surface area contributed by atoms with E-state index in [0.29, 0.717) is 12.1 Å². The highest BCUT2D eigenvalue weighted by Gasteiger charge is 2.14. The number of para-hydroxylation sites is 1. The van der Waals surface area contributed by atoms with Crippen LogP contribution in [0.5, 0.6) is 0 Å². The first kappa shape index (κ1) is 14.7. The number of halogens is 1. The lowest BCUT2D eigenvalue weighted by Gasteiger charge is -2.15. The van der Waals surface area contributed by atoms with Crippen LogP contribution in [0.15, 0.2) is 53.0 Å². The molecule has 104 valence electrons. The maximum Gasteiger partial charge on any atom is 0.273 e. The zero-order valence-corrected chi connectivity index (χ0v) is 12.6. The predicted molar refractivity (Wildman–Crippen MR) is 82.5 cm³/mol. The minimum absolute atomic E-state index is 0.102. The van der Waals surface area contributed by atoms with Crippen molar-refractivity contribution < 1.29 is 4.92 Å². The van der Waals surface area contributed by atoms with Crippen molar-refractivity contribution in [3.8, 4) is 0 Å². The van der Waals surface area contributed by atoms with Crippen LogP contribution < -0.4 is 5.32 Å². The summed E-state index contributed by atoms with van der Waals surface area (Å²) >= 11 is 3.51. The lowest BCUT2D eigenvalue weighted by Crippen LogP contribution is -2.19. The summed E-state index contributed by atoms with van der Waals surface area (Å²) in [7, 11) is 0. The van der Waals surface area contributed by atoms with Crippen LogP contribution in [0.1, 0.15) is 24.1 Å². The molecule has 4 nitrogen and oxygen atoms in total. The molecule has 0 aliphatic carbocycles. The molecular formula is C15H15BrN2O2. The first-order valence-electron chi connectivity index (χ1n) is 6.29. The third-order valence-electron chi connectivity index (χ3n) is 3.16. The molecule has 0 bridgehead atoms. The summed E-state index contributed by atoms with van der Waals surface area (Å²) in [5.41, 5.74) is 1.97. The van der Waals surface area contributed by atoms with E-state index in [-0.39, 0.29) is 16.7 Å². The van der Waals surface area contributed by atoms with Crippen LogP contribution in [0, 0.1) is 10.1 Å². The average molecular weight is 335 g/mol. The van der Waals surface area contributed by atoms with Crippen LogP contribution in [0.2, 0.25) is 0 Å². The van der Waals surface area contributed by atoms with Crippen LogP contribution in [-0.2, 0) is 6.54 Å². The number of rotatable bonds is 5. The van der Waals surface area contributed by atoms with Crippen LogP contribution in [0.3, 0.4) is 0 Å². The summed E-state index contributed by atoms with van der Waals surface area (Å²) in [5, 5.41) is 14.3. The van der Waals surface area contributed by atoms with Gasteiger partial charge in [0.25, 0.3) is 5.69 Å². The minimum Gasteiger partial charge on any atom is -0.306 e. The van der Waals surface area contributed by atoms with Crippen molar-refractivity contribution in [2.24, 2.45) is 0 Å². The van der Waals surface area contributed by atoms with Crippen LogP contribution >= 0.6 is 15.9 Å². The quantitative estimate of drug-likeness (QED) is 0.658. The number of nitro benzene ring substituents is 1. The van der Waals surface area contributed by atoms with Crippen molar-refractivity contribution in [3.05, 3.63) is 74.2 Å². The molecule has 1 atom stereocenters. The second-order valence-corrected chi connectivity index (χ2v) is 5.36. The molecule has 2 aromatic rings. The van der Waals surface area contributed by atoms with Gasteiger partial charge in [-0.25, -0.2) is 0 Å². The number of nitrogens with one attached hydrogen (secondary N) is 1. The Bertz CT molecular complexity index is 616. The molecule has 0 amide bonds. The Balaban J connectivity index is 2.10. The Morgan fingerprint density at radius 3 is 2.55 bits per heavy atom. The van der Waals surface area contributed by atoms with Crippen molar-refractivity contribution in [1.29, 1.82) is 0 Å². The fourth-order valence-corrected chi connectivity index (χ4v) is 2.67. The summed E-state index contributed by atoms with van der Waals surface area (Å²) in [6, 6.07) is 14.8. The van der Waals surface area contributed by atoms with Gasteiger partial charge >= 0.3 is 0 Å². The Hall–Kier alpha value is -1.72. The average Bonchev–Trinajstić information content (AvgIpc) is 2.45. The number of benzene rings is 2. The largest absolute Gasteiger partial charge is 0.306 e. The third kappa shape index (κ3) is 3.43. The predicted octanol–water partition coefficient (Wildman–Crippen LogP) is 4.21. The fourth-order valence-electron chi connectivity index (χ4n) is 2.04. The van der Waals surface area contributed by atoms with E-state index in [0.717, 1.165) is 10.0 Å². The van der Waals surface area contributed by atoms with Crippen LogP contribution in [0.25, 0.3) is 0 Å². The van der Waals surface area contributed by atoms with Crippen molar-refractivity contribution >= 4 is 21.6 Å². The zero-order valence-electron chi connectivity index (χ0n) is 11.0. The maximum atomic E-state index is 11.0. The topological polar surface area (TPSA) is 55.2 Å². The van der Waals surface area contributed by atoms with Gasteiger partial charge in [-0.1, -0.05) is 52.3 Å². The summed E-state index contributed by atoms with van der Waals surface area (Å²) in [6.07, 6.45) is 0. The van der Waals surface area contributed by atoms with Gasteiger partial charge in [0.05, 0.1) is 4.92 Å². The highest BCUT2D eigenvalue weighted by Crippen LogP contribution is 2.24. The second kappa shape index (κ2) is 6.63. The SMILES string of the molecule is CC(NCc1ccccc1[N+](=O)[O-])c1ccccc1Br. The van der Waals surface area contributed by atoms with E-state index in [9.17, 15) is 10.1 Å². The lowest BCUT2D eigenvalue weighted by molar-refractivity contribution is -0.385. The fraction of sp³-hybridized carbons (Fsp3) is 0.200. The molecule has 0 saturated heterocycles. The number of hydrogen-bond acceptors (Lipinski definition) is 3. The normalized spacial score (nSPS) is 12.1. The molecule has 20 heavy (non-hydrogen) atoms. The molecule has 5 heteroatoms. The van der Waals surface area contributed by atoms with Gasteiger partial charge in [-0.15, -0.1) is 0 Å². The van der Waals surface area contributed by atoms with Gasteiger partial charge in [0.2, 0.25) is 0 Å². The molecule has 2 rings (SSSR count). The van der Waals surface area contributed by atoms with E-state index in [2.05, 4.69) is 21.2 Å². The molecule has 1 N–H and O–H groups in total. The van der Waals surface area contributed by atoms with Crippen molar-refractivity contribution in [2.75, 3.05) is 0 Å². The molecular weight excluding hydrogens is 320 g/mol. The maximum absolute atomic E-state index is 11.0. The molecule has 2 aromatic carbocycles. The molecule has 0 saturated carbocycles. The van der Waals surface area contributed by atoms with Gasteiger partial charge in [-0.05, 0) is 18.6 Å². The number of nitro groups is 1. The molecule has 0 radical (unpaired) electrons. The number of hydrogen-bond donors (Lipinski definition) is 1. The number of nitrogens with zero attached hydrogens (tertiary/aromatic N) is 1. The molecule has 0 aromatic heterocycles. The highest BCUT2D eigenvalue weighted by molar-refractivity contribution is 9.10. The van der Waals surface area contributed by atoms with E-state index >= 15 is 0 Å². The van der Waals surface area contributed by atoms with E-state index in [1.165, 1.54) is 6.07 Å². The van der Waals surface area contributed by atoms with E-state index in [4.69, 9.17) is 0 Å². The van der Waals surface area contributed by atoms with E-state index in [1.807, 2.05) is 37.3 Å². The van der Waals surface area contributed by atoms with Gasteiger partial charge in [0.1, 0.15) is 0 Å². The Labute approximate surface area is 126 Å². The third-order valence-corrected chi connectivity index (χ3v) is 3.88. The smallest absolute Gasteiger partial charge is 0.273 e. The van der Waals surface area contributed by atoms with Crippen LogP contribution in [-0.4, -0.2) is 4.92 Å². The Morgan fingerprint density at radius 2 is 1.85 bits per heavy atom. The molecule has 0 aliphatic heterocycles. The van der Waals surface area contributed by atoms with Gasteiger partial charge < -0.3 is 5.32 Å². The minimum atomic E-state index is -0.347. The van der Waals surface area contributed by atoms with E-state index < -0.39 is 0 Å². The summed E-state index contributed by atoms with van der Waals surface area (Å²) in [6.45, 7) is 2.49. The van der Waals surface area contributed by atoms with Crippen molar-refractivity contribution in [1.82, 2.24) is 5.32 Å². The molecule has 0 spiro atoms. The standard InChI is InChI=1S/C15H15BrN2O2/c1-11(13-7-3-4-8-14(13)16)17-10-12-6-2-5-9-15(12)18(19)20/h2-9,11,17H,10H2,1H3. The molecule has 1 unspecified atom stereocenters. The van der Waals surface area contributed by atoms with Gasteiger partial charge in [-0.2, -0.15) is 0 Å². The van der Waals surface area contributed by atoms with E-state index in [1.54, 1.807) is 12.1 Å². The summed E-state index contributed by atoms with van der Waals surface area (Å²) in [4.78, 5) is 10.6. The summed E-state index contributed by atoms with van der Waals surface area (Å²) in [5.74, 6) is 0. The monoisotopic (exact) mass is 334 g/mol. The van der Waals surface area contributed by atoms with Crippen LogP contribution in [0.4, 0.5) is 5.69 Å². The molecule has 0 heterocycles. The molecule has 0 fully saturated rings. The van der Waals surface area contributed by atoms with Gasteiger partial charge in [0, 0.05) is 28.7 Å². The zero-order chi connectivity index (χ0) is 14.5. The Morgan fingerprint density at radius 1 is 1.20 bits per heavy atom. The first-order valence-corrected chi connectivity index (χ1v) is 7.09. The summed E-state index contributed by atoms with van der Waals surface area (Å²) < 4.78 is 1.03. The van der Waals surface area contributed by atoms with Crippen molar-refractivity contribution in [3.63, 3.8) is 0 Å². The molecule has 0 aliphatic rings. The Kier molecular flexibility index (Phi) is 4.87. The van der Waals surface area contributed by atoms with Gasteiger partial charge in [0.15, 0.2) is 0 Å². The van der Waals surface area contributed by atoms with Crippen molar-refractivity contribution in [2.45, 2.75) is 19.5 Å². The van der Waals surface area contributed by atoms with Gasteiger partial charge in [-0.3, -0.25) is 10.1 Å². The second-order valence-electron chi connectivity index (χ2n) is 4.51. The first-order chi connectivity index (χ1) is 9.59. The lowest BCUT2D eigenvalue weighted by atomic mass is 10.1. The highest BCUT2D eigenvalue weighted by atomic mass is 79.9.